The summed E-state index contributed by atoms with van der Waals surface area (Å²) < 4.78 is 10.9. The molecule has 5 nitrogen and oxygen atoms in total. The second-order valence-electron chi connectivity index (χ2n) is 3.91. The van der Waals surface area contributed by atoms with Crippen molar-refractivity contribution in [2.45, 2.75) is 27.2 Å². The average Bonchev–Trinajstić information content (AvgIpc) is 2.41. The Morgan fingerprint density at radius 2 is 1.89 bits per heavy atom. The van der Waals surface area contributed by atoms with E-state index >= 15 is 0 Å². The SMILES string of the molecule is CCNc1cc(NC(=O)CC)c(OC)cc1OCC. The standard InChI is InChI=1S/C14H22N2O3/c1-5-14(17)16-11-8-10(15-6-2)13(19-7-3)9-12(11)18-4/h8-9,15H,5-7H2,1-4H3,(H,16,17). The minimum Gasteiger partial charge on any atom is -0.494 e. The summed E-state index contributed by atoms with van der Waals surface area (Å²) in [6, 6.07) is 3.62. The van der Waals surface area contributed by atoms with Crippen LogP contribution in [-0.4, -0.2) is 26.2 Å². The molecule has 0 fully saturated rings. The van der Waals surface area contributed by atoms with Crippen LogP contribution >= 0.6 is 0 Å². The average molecular weight is 266 g/mol. The van der Waals surface area contributed by atoms with E-state index < -0.39 is 0 Å². The largest absolute Gasteiger partial charge is 0.494 e. The summed E-state index contributed by atoms with van der Waals surface area (Å²) in [6.07, 6.45) is 0.424. The molecule has 0 spiro atoms. The van der Waals surface area contributed by atoms with Gasteiger partial charge in [0.15, 0.2) is 0 Å². The van der Waals surface area contributed by atoms with Crippen molar-refractivity contribution in [1.29, 1.82) is 0 Å². The summed E-state index contributed by atoms with van der Waals surface area (Å²) in [5.74, 6) is 1.26. The molecule has 0 radical (unpaired) electrons. The Balaban J connectivity index is 3.14. The molecule has 0 saturated carbocycles. The van der Waals surface area contributed by atoms with Gasteiger partial charge in [0.2, 0.25) is 5.91 Å². The lowest BCUT2D eigenvalue weighted by Gasteiger charge is -2.16. The molecule has 19 heavy (non-hydrogen) atoms. The third-order valence-electron chi connectivity index (χ3n) is 2.56. The zero-order chi connectivity index (χ0) is 14.3. The van der Waals surface area contributed by atoms with Crippen LogP contribution in [0.25, 0.3) is 0 Å². The van der Waals surface area contributed by atoms with Crippen molar-refractivity contribution in [2.24, 2.45) is 0 Å². The normalized spacial score (nSPS) is 9.89. The molecule has 1 rings (SSSR count). The third kappa shape index (κ3) is 4.05. The van der Waals surface area contributed by atoms with Crippen LogP contribution < -0.4 is 20.1 Å². The Hall–Kier alpha value is -1.91. The van der Waals surface area contributed by atoms with Gasteiger partial charge in [-0.1, -0.05) is 6.92 Å². The highest BCUT2D eigenvalue weighted by atomic mass is 16.5. The molecule has 1 amide bonds. The molecular weight excluding hydrogens is 244 g/mol. The van der Waals surface area contributed by atoms with E-state index in [-0.39, 0.29) is 5.91 Å². The van der Waals surface area contributed by atoms with Crippen LogP contribution in [-0.2, 0) is 4.79 Å². The smallest absolute Gasteiger partial charge is 0.224 e. The van der Waals surface area contributed by atoms with Crippen LogP contribution in [0.2, 0.25) is 0 Å². The maximum atomic E-state index is 11.5. The number of hydrogen-bond acceptors (Lipinski definition) is 4. The van der Waals surface area contributed by atoms with Gasteiger partial charge in [0, 0.05) is 19.0 Å². The van der Waals surface area contributed by atoms with Crippen LogP contribution in [0.3, 0.4) is 0 Å². The van der Waals surface area contributed by atoms with Crippen LogP contribution in [0.4, 0.5) is 11.4 Å². The second kappa shape index (κ2) is 7.51. The van der Waals surface area contributed by atoms with Gasteiger partial charge in [0.05, 0.1) is 25.1 Å². The molecular formula is C14H22N2O3. The van der Waals surface area contributed by atoms with Crippen molar-refractivity contribution in [1.82, 2.24) is 0 Å². The van der Waals surface area contributed by atoms with Gasteiger partial charge < -0.3 is 20.1 Å². The molecule has 106 valence electrons. The first-order chi connectivity index (χ1) is 9.15. The zero-order valence-corrected chi connectivity index (χ0v) is 12.0. The van der Waals surface area contributed by atoms with Crippen LogP contribution in [0.1, 0.15) is 27.2 Å². The first kappa shape index (κ1) is 15.1. The molecule has 1 aromatic rings. The number of nitrogens with one attached hydrogen (secondary N) is 2. The lowest BCUT2D eigenvalue weighted by atomic mass is 10.2. The van der Waals surface area contributed by atoms with E-state index in [0.717, 1.165) is 18.0 Å². The highest BCUT2D eigenvalue weighted by Gasteiger charge is 2.12. The van der Waals surface area contributed by atoms with E-state index in [1.165, 1.54) is 0 Å². The van der Waals surface area contributed by atoms with E-state index in [4.69, 9.17) is 9.47 Å². The quantitative estimate of drug-likeness (QED) is 0.796. The van der Waals surface area contributed by atoms with E-state index in [1.807, 2.05) is 26.8 Å². The summed E-state index contributed by atoms with van der Waals surface area (Å²) in [7, 11) is 1.57. The van der Waals surface area contributed by atoms with Crippen molar-refractivity contribution >= 4 is 17.3 Å². The second-order valence-corrected chi connectivity index (χ2v) is 3.91. The fourth-order valence-corrected chi connectivity index (χ4v) is 1.67. The number of anilines is 2. The molecule has 0 aromatic heterocycles. The van der Waals surface area contributed by atoms with Crippen molar-refractivity contribution in [2.75, 3.05) is 30.9 Å². The van der Waals surface area contributed by atoms with Gasteiger partial charge in [-0.3, -0.25) is 4.79 Å². The Morgan fingerprint density at radius 1 is 1.16 bits per heavy atom. The number of methoxy groups -OCH3 is 1. The van der Waals surface area contributed by atoms with Gasteiger partial charge in [0.25, 0.3) is 0 Å². The summed E-state index contributed by atoms with van der Waals surface area (Å²) in [5.41, 5.74) is 1.49. The topological polar surface area (TPSA) is 59.6 Å². The highest BCUT2D eigenvalue weighted by Crippen LogP contribution is 2.36. The van der Waals surface area contributed by atoms with Crippen LogP contribution in [0.15, 0.2) is 12.1 Å². The Morgan fingerprint density at radius 3 is 2.42 bits per heavy atom. The number of benzene rings is 1. The van der Waals surface area contributed by atoms with Crippen molar-refractivity contribution in [3.8, 4) is 11.5 Å². The molecule has 0 aliphatic rings. The maximum Gasteiger partial charge on any atom is 0.224 e. The highest BCUT2D eigenvalue weighted by molar-refractivity contribution is 5.93. The van der Waals surface area contributed by atoms with Gasteiger partial charge in [-0.2, -0.15) is 0 Å². The molecule has 0 aliphatic heterocycles. The Bertz CT molecular complexity index is 433. The van der Waals surface area contributed by atoms with Gasteiger partial charge in [-0.25, -0.2) is 0 Å². The molecule has 5 heteroatoms. The minimum absolute atomic E-state index is 0.0510. The molecule has 0 unspecified atom stereocenters. The molecule has 1 aromatic carbocycles. The summed E-state index contributed by atoms with van der Waals surface area (Å²) in [6.45, 7) is 7.08. The monoisotopic (exact) mass is 266 g/mol. The van der Waals surface area contributed by atoms with E-state index in [9.17, 15) is 4.79 Å². The summed E-state index contributed by atoms with van der Waals surface area (Å²) in [4.78, 5) is 11.5. The van der Waals surface area contributed by atoms with Gasteiger partial charge in [-0.15, -0.1) is 0 Å². The summed E-state index contributed by atoms with van der Waals surface area (Å²) >= 11 is 0. The van der Waals surface area contributed by atoms with E-state index in [2.05, 4.69) is 10.6 Å². The lowest BCUT2D eigenvalue weighted by Crippen LogP contribution is -2.11. The number of ether oxygens (including phenoxy) is 2. The number of amides is 1. The molecule has 2 N–H and O–H groups in total. The fraction of sp³-hybridized carbons (Fsp3) is 0.500. The van der Waals surface area contributed by atoms with Crippen molar-refractivity contribution < 1.29 is 14.3 Å². The number of rotatable bonds is 7. The fourth-order valence-electron chi connectivity index (χ4n) is 1.67. The van der Waals surface area contributed by atoms with E-state index in [0.29, 0.717) is 24.5 Å². The number of carbonyl (C=O) groups excluding carboxylic acids is 1. The zero-order valence-electron chi connectivity index (χ0n) is 12.0. The molecule has 0 saturated heterocycles. The number of carbonyl (C=O) groups is 1. The lowest BCUT2D eigenvalue weighted by molar-refractivity contribution is -0.115. The Labute approximate surface area is 114 Å². The third-order valence-corrected chi connectivity index (χ3v) is 2.56. The van der Waals surface area contributed by atoms with Gasteiger partial charge in [-0.05, 0) is 19.9 Å². The van der Waals surface area contributed by atoms with E-state index in [1.54, 1.807) is 13.2 Å². The Kier molecular flexibility index (Phi) is 5.99. The molecule has 0 atom stereocenters. The van der Waals surface area contributed by atoms with Crippen LogP contribution in [0.5, 0.6) is 11.5 Å². The van der Waals surface area contributed by atoms with Crippen molar-refractivity contribution in [3.05, 3.63) is 12.1 Å². The first-order valence-electron chi connectivity index (χ1n) is 6.54. The predicted molar refractivity (Wildman–Crippen MR) is 77.2 cm³/mol. The predicted octanol–water partition coefficient (Wildman–Crippen LogP) is 2.87. The van der Waals surface area contributed by atoms with Crippen LogP contribution in [0, 0.1) is 0 Å². The number of hydrogen-bond donors (Lipinski definition) is 2. The molecule has 0 aliphatic carbocycles. The summed E-state index contributed by atoms with van der Waals surface area (Å²) in [5, 5.41) is 6.03. The van der Waals surface area contributed by atoms with Gasteiger partial charge >= 0.3 is 0 Å². The molecule has 0 bridgehead atoms. The molecule has 0 heterocycles. The maximum absolute atomic E-state index is 11.5. The van der Waals surface area contributed by atoms with Crippen molar-refractivity contribution in [3.63, 3.8) is 0 Å². The minimum atomic E-state index is -0.0510. The van der Waals surface area contributed by atoms with Gasteiger partial charge in [0.1, 0.15) is 11.5 Å². The first-order valence-corrected chi connectivity index (χ1v) is 6.54.